The molecule has 64 valence electrons. The van der Waals surface area contributed by atoms with Crippen molar-refractivity contribution in [2.24, 2.45) is 5.73 Å². The Labute approximate surface area is 70.8 Å². The van der Waals surface area contributed by atoms with Crippen molar-refractivity contribution in [2.75, 3.05) is 6.54 Å². The smallest absolute Gasteiger partial charge is 0.123 e. The molecule has 0 fully saturated rings. The molecule has 0 aliphatic carbocycles. The summed E-state index contributed by atoms with van der Waals surface area (Å²) in [5.41, 5.74) is 5.80. The Morgan fingerprint density at radius 3 is 2.75 bits per heavy atom. The predicted octanol–water partition coefficient (Wildman–Crippen LogP) is 1.07. The summed E-state index contributed by atoms with van der Waals surface area (Å²) < 4.78 is 0. The SMILES string of the molecule is NCC=Cc1cc(O)ccc1O. The Balaban J connectivity index is 2.97. The van der Waals surface area contributed by atoms with Crippen molar-refractivity contribution >= 4 is 6.08 Å². The van der Waals surface area contributed by atoms with Gasteiger partial charge in [-0.05, 0) is 18.2 Å². The molecule has 4 N–H and O–H groups in total. The molecule has 0 radical (unpaired) electrons. The minimum atomic E-state index is 0.129. The molecule has 0 amide bonds. The first kappa shape index (κ1) is 8.62. The average Bonchev–Trinajstić information content (AvgIpc) is 2.07. The molecule has 0 aliphatic heterocycles. The molecule has 0 aromatic heterocycles. The van der Waals surface area contributed by atoms with Gasteiger partial charge in [-0.3, -0.25) is 0 Å². The van der Waals surface area contributed by atoms with E-state index in [1.54, 1.807) is 12.2 Å². The van der Waals surface area contributed by atoms with Crippen LogP contribution in [0, 0.1) is 0 Å². The highest BCUT2D eigenvalue weighted by Crippen LogP contribution is 2.22. The molecule has 3 heteroatoms. The molecule has 0 aliphatic rings. The maximum absolute atomic E-state index is 9.26. The van der Waals surface area contributed by atoms with E-state index in [1.165, 1.54) is 18.2 Å². The topological polar surface area (TPSA) is 66.5 Å². The van der Waals surface area contributed by atoms with E-state index >= 15 is 0 Å². The van der Waals surface area contributed by atoms with E-state index in [-0.39, 0.29) is 11.5 Å². The van der Waals surface area contributed by atoms with E-state index in [4.69, 9.17) is 10.8 Å². The molecule has 0 unspecified atom stereocenters. The van der Waals surface area contributed by atoms with Gasteiger partial charge in [-0.15, -0.1) is 0 Å². The van der Waals surface area contributed by atoms with Gasteiger partial charge in [-0.1, -0.05) is 12.2 Å². The van der Waals surface area contributed by atoms with Crippen molar-refractivity contribution in [2.45, 2.75) is 0 Å². The van der Waals surface area contributed by atoms with Crippen LogP contribution in [0.5, 0.6) is 11.5 Å². The Kier molecular flexibility index (Phi) is 2.71. The van der Waals surface area contributed by atoms with E-state index in [2.05, 4.69) is 0 Å². The third kappa shape index (κ3) is 2.00. The maximum atomic E-state index is 9.26. The van der Waals surface area contributed by atoms with Crippen LogP contribution in [-0.4, -0.2) is 16.8 Å². The lowest BCUT2D eigenvalue weighted by Crippen LogP contribution is -1.91. The number of rotatable bonds is 2. The number of phenols is 2. The minimum absolute atomic E-state index is 0.129. The summed E-state index contributed by atoms with van der Waals surface area (Å²) in [5, 5.41) is 18.3. The standard InChI is InChI=1S/C9H11NO2/c10-5-1-2-7-6-8(11)3-4-9(7)12/h1-4,6,11-12H,5,10H2. The normalized spacial score (nSPS) is 10.8. The van der Waals surface area contributed by atoms with E-state index < -0.39 is 0 Å². The van der Waals surface area contributed by atoms with E-state index in [9.17, 15) is 5.11 Å². The van der Waals surface area contributed by atoms with Gasteiger partial charge in [0, 0.05) is 12.1 Å². The van der Waals surface area contributed by atoms with Crippen molar-refractivity contribution in [1.29, 1.82) is 0 Å². The molecule has 0 bridgehead atoms. The van der Waals surface area contributed by atoms with Gasteiger partial charge >= 0.3 is 0 Å². The number of hydrogen-bond donors (Lipinski definition) is 3. The van der Waals surface area contributed by atoms with Crippen LogP contribution in [0.1, 0.15) is 5.56 Å². The highest BCUT2D eigenvalue weighted by atomic mass is 16.3. The van der Waals surface area contributed by atoms with Gasteiger partial charge < -0.3 is 15.9 Å². The van der Waals surface area contributed by atoms with E-state index in [0.717, 1.165) is 0 Å². The Morgan fingerprint density at radius 1 is 1.33 bits per heavy atom. The van der Waals surface area contributed by atoms with Crippen LogP contribution in [0.4, 0.5) is 0 Å². The minimum Gasteiger partial charge on any atom is -0.508 e. The third-order valence-electron chi connectivity index (χ3n) is 1.44. The summed E-state index contributed by atoms with van der Waals surface area (Å²) in [5.74, 6) is 0.266. The summed E-state index contributed by atoms with van der Waals surface area (Å²) in [6.07, 6.45) is 3.36. The molecule has 0 saturated carbocycles. The highest BCUT2D eigenvalue weighted by Gasteiger charge is 1.96. The number of phenolic OH excluding ortho intramolecular Hbond substituents is 2. The fraction of sp³-hybridized carbons (Fsp3) is 0.111. The van der Waals surface area contributed by atoms with E-state index in [0.29, 0.717) is 12.1 Å². The van der Waals surface area contributed by atoms with Crippen LogP contribution >= 0.6 is 0 Å². The summed E-state index contributed by atoms with van der Waals surface area (Å²) in [6, 6.07) is 4.34. The number of benzene rings is 1. The van der Waals surface area contributed by atoms with E-state index in [1.807, 2.05) is 0 Å². The molecule has 0 saturated heterocycles. The summed E-state index contributed by atoms with van der Waals surface area (Å²) >= 11 is 0. The zero-order valence-corrected chi connectivity index (χ0v) is 6.57. The van der Waals surface area contributed by atoms with Gasteiger partial charge in [0.2, 0.25) is 0 Å². The molecule has 1 aromatic rings. The van der Waals surface area contributed by atoms with Crippen LogP contribution < -0.4 is 5.73 Å². The summed E-state index contributed by atoms with van der Waals surface area (Å²) in [6.45, 7) is 0.412. The van der Waals surface area contributed by atoms with Crippen LogP contribution in [0.3, 0.4) is 0 Å². The van der Waals surface area contributed by atoms with Gasteiger partial charge in [-0.25, -0.2) is 0 Å². The van der Waals surface area contributed by atoms with Crippen LogP contribution in [0.15, 0.2) is 24.3 Å². The second-order valence-corrected chi connectivity index (χ2v) is 2.38. The summed E-state index contributed by atoms with van der Waals surface area (Å²) in [7, 11) is 0. The van der Waals surface area contributed by atoms with Gasteiger partial charge in [0.15, 0.2) is 0 Å². The molecule has 0 spiro atoms. The average molecular weight is 165 g/mol. The zero-order chi connectivity index (χ0) is 8.97. The Hall–Kier alpha value is -1.48. The van der Waals surface area contributed by atoms with Gasteiger partial charge in [0.05, 0.1) is 0 Å². The molecule has 0 heterocycles. The molecular formula is C9H11NO2. The van der Waals surface area contributed by atoms with Gasteiger partial charge in [-0.2, -0.15) is 0 Å². The van der Waals surface area contributed by atoms with Crippen LogP contribution in [0.25, 0.3) is 6.08 Å². The van der Waals surface area contributed by atoms with Crippen molar-refractivity contribution in [1.82, 2.24) is 0 Å². The first-order valence-electron chi connectivity index (χ1n) is 3.62. The monoisotopic (exact) mass is 165 g/mol. The van der Waals surface area contributed by atoms with Crippen molar-refractivity contribution in [3.8, 4) is 11.5 Å². The van der Waals surface area contributed by atoms with Gasteiger partial charge in [0.1, 0.15) is 11.5 Å². The van der Waals surface area contributed by atoms with Crippen LogP contribution in [0.2, 0.25) is 0 Å². The molecule has 3 nitrogen and oxygen atoms in total. The fourth-order valence-electron chi connectivity index (χ4n) is 0.870. The molecule has 0 atom stereocenters. The predicted molar refractivity (Wildman–Crippen MR) is 47.9 cm³/mol. The highest BCUT2D eigenvalue weighted by molar-refractivity contribution is 5.58. The second kappa shape index (κ2) is 3.78. The largest absolute Gasteiger partial charge is 0.508 e. The fourth-order valence-corrected chi connectivity index (χ4v) is 0.870. The third-order valence-corrected chi connectivity index (χ3v) is 1.44. The van der Waals surface area contributed by atoms with Crippen molar-refractivity contribution in [3.05, 3.63) is 29.8 Å². The molecule has 1 rings (SSSR count). The summed E-state index contributed by atoms with van der Waals surface area (Å²) in [4.78, 5) is 0. The lowest BCUT2D eigenvalue weighted by atomic mass is 10.2. The Bertz CT molecular complexity index is 295. The second-order valence-electron chi connectivity index (χ2n) is 2.38. The van der Waals surface area contributed by atoms with Gasteiger partial charge in [0.25, 0.3) is 0 Å². The van der Waals surface area contributed by atoms with Crippen molar-refractivity contribution in [3.63, 3.8) is 0 Å². The lowest BCUT2D eigenvalue weighted by molar-refractivity contribution is 0.459. The zero-order valence-electron chi connectivity index (χ0n) is 6.57. The number of aromatic hydroxyl groups is 2. The first-order valence-corrected chi connectivity index (χ1v) is 3.62. The molecule has 1 aromatic carbocycles. The van der Waals surface area contributed by atoms with Crippen molar-refractivity contribution < 1.29 is 10.2 Å². The lowest BCUT2D eigenvalue weighted by Gasteiger charge is -1.98. The Morgan fingerprint density at radius 2 is 2.08 bits per heavy atom. The molecule has 12 heavy (non-hydrogen) atoms. The number of hydrogen-bond acceptors (Lipinski definition) is 3. The molecular weight excluding hydrogens is 154 g/mol. The maximum Gasteiger partial charge on any atom is 0.123 e. The quantitative estimate of drug-likeness (QED) is 0.574. The first-order chi connectivity index (χ1) is 5.74. The number of nitrogens with two attached hydrogens (primary N) is 1. The van der Waals surface area contributed by atoms with Crippen LogP contribution in [-0.2, 0) is 0 Å².